The molecule has 5 aliphatic heterocycles. The first kappa shape index (κ1) is 66.9. The molecule has 5 aliphatic rings. The number of carbonyl (C=O) groups excluding carboxylic acids is 5. The highest BCUT2D eigenvalue weighted by molar-refractivity contribution is 6.39. The Morgan fingerprint density at radius 1 is 0.893 bits per heavy atom. The van der Waals surface area contributed by atoms with Gasteiger partial charge in [0.2, 0.25) is 0 Å². The number of pyridine rings is 1. The molecular formula is C59H87Cl2N5O18. The number of ether oxygens (including phenoxy) is 11. The third-order valence-corrected chi connectivity index (χ3v) is 18.4. The van der Waals surface area contributed by atoms with Crippen molar-refractivity contribution >= 4 is 58.7 Å². The van der Waals surface area contributed by atoms with E-state index in [-0.39, 0.29) is 84.1 Å². The minimum Gasteiger partial charge on any atom is -0.493 e. The lowest BCUT2D eigenvalue weighted by atomic mass is 9.73. The van der Waals surface area contributed by atoms with Gasteiger partial charge in [-0.1, -0.05) is 50.9 Å². The van der Waals surface area contributed by atoms with E-state index in [2.05, 4.69) is 10.3 Å². The number of nitrogens with zero attached hydrogens (tertiary/aromatic N) is 4. The van der Waals surface area contributed by atoms with Gasteiger partial charge in [0.25, 0.3) is 5.91 Å². The normalized spacial score (nSPS) is 36.2. The third kappa shape index (κ3) is 14.2. The molecule has 6 heterocycles. The zero-order valence-electron chi connectivity index (χ0n) is 50.8. The molecule has 7 rings (SSSR count). The number of methoxy groups -OCH3 is 3. The molecule has 0 aliphatic carbocycles. The van der Waals surface area contributed by atoms with Crippen LogP contribution in [0.2, 0.25) is 10.0 Å². The van der Waals surface area contributed by atoms with Gasteiger partial charge in [0.15, 0.2) is 29.7 Å². The number of Topliss-reactive ketones (excluding diaryl/α,β-unsaturated/α-hetero) is 1. The molecule has 1 aromatic heterocycles. The number of urea groups is 1. The molecule has 470 valence electrons. The molecule has 5 saturated heterocycles. The lowest BCUT2D eigenvalue weighted by Gasteiger charge is -2.50. The fraction of sp³-hybridized carbons (Fsp3) is 0.729. The van der Waals surface area contributed by atoms with E-state index in [0.29, 0.717) is 32.1 Å². The number of morpholine rings is 1. The second-order valence-corrected chi connectivity index (χ2v) is 24.5. The number of carbonyl (C=O) groups is 5. The van der Waals surface area contributed by atoms with Crippen LogP contribution in [0.5, 0.6) is 11.5 Å². The molecule has 0 saturated carbocycles. The van der Waals surface area contributed by atoms with Crippen molar-refractivity contribution in [2.45, 2.75) is 186 Å². The van der Waals surface area contributed by atoms with E-state index in [9.17, 15) is 24.6 Å². The summed E-state index contributed by atoms with van der Waals surface area (Å²) in [5, 5.41) is 26.6. The number of hydrogen-bond acceptors (Lipinski definition) is 19. The number of nitrogens with one attached hydrogen (secondary N) is 1. The van der Waals surface area contributed by atoms with Gasteiger partial charge in [0.1, 0.15) is 24.1 Å². The maximum Gasteiger partial charge on any atom is 0.410 e. The number of fused-ring (bicyclic) bond motifs is 1. The standard InChI is InChI=1S/C59H87Cl2N5O18/c1-15-43-59(10)49(66(56(73)84-59)19-16-22-78-42-26-37(17-18-41(42)74-12)52(70)63-45-38(60)29-62-30-39(45)61)33(4)46(67)31(2)27-58(9,76-14)51(83-54-47(68)40(25-32(3)79-54)64(11)55(72)65-20-23-77-24-21-65)34(5)48(35(6)53(71)81-43)82-44-28-57(8,75-13)50(69)36(7)80-44/h17-18,26,29-36,40,43-44,47-51,54,68-69H,15-16,19-25,27-28H2,1-14H3,(H,62,63,70)/t31-,32-,33+,34+,35-,36+,40+,43-,44+,47-,48+,49+,50+,51-,54+,57-,58-,59-/m1/s1. The van der Waals surface area contributed by atoms with Gasteiger partial charge >= 0.3 is 18.1 Å². The molecule has 18 atom stereocenters. The van der Waals surface area contributed by atoms with E-state index in [1.807, 2.05) is 13.8 Å². The number of aliphatic hydroxyl groups excluding tert-OH is 2. The SMILES string of the molecule is CC[C@H]1OC(=O)[C@H](C)[C@@H](O[C@H]2C[C@@](C)(OC)[C@@H](O)[C@H](C)O2)[C@H](C)[C@@H](O[C@@H]2O[C@H](C)C[C@H](N(C)C(=O)N3CCOCC3)[C@H]2O)[C@](C)(OC)C[C@@H](C)C(=O)[C@H](C)[C@@H]2N(CCCOc3cc(C(=O)Nc4c(Cl)cncc4Cl)ccc3OC)C(=O)O[C@@]21C. The molecule has 84 heavy (non-hydrogen) atoms. The van der Waals surface area contributed by atoms with Crippen LogP contribution in [0.4, 0.5) is 15.3 Å². The average Bonchev–Trinajstić information content (AvgIpc) is 2.16. The van der Waals surface area contributed by atoms with E-state index < -0.39 is 126 Å². The number of ketones is 1. The first-order chi connectivity index (χ1) is 39.7. The summed E-state index contributed by atoms with van der Waals surface area (Å²) in [6.07, 6.45) is -6.82. The van der Waals surface area contributed by atoms with Gasteiger partial charge in [-0.3, -0.25) is 19.4 Å². The molecular weight excluding hydrogens is 1140 g/mol. The van der Waals surface area contributed by atoms with Crippen molar-refractivity contribution in [2.75, 3.05) is 73.1 Å². The molecule has 1 aromatic carbocycles. The van der Waals surface area contributed by atoms with Crippen LogP contribution in [0.15, 0.2) is 30.6 Å². The van der Waals surface area contributed by atoms with Crippen LogP contribution in [0.3, 0.4) is 0 Å². The summed E-state index contributed by atoms with van der Waals surface area (Å²) >= 11 is 12.5. The van der Waals surface area contributed by atoms with Crippen LogP contribution < -0.4 is 14.8 Å². The number of benzene rings is 1. The van der Waals surface area contributed by atoms with Crippen LogP contribution in [-0.2, 0) is 52.2 Å². The Bertz CT molecular complexity index is 2620. The Morgan fingerprint density at radius 2 is 1.56 bits per heavy atom. The quantitative estimate of drug-likeness (QED) is 0.111. The van der Waals surface area contributed by atoms with Crippen molar-refractivity contribution in [3.8, 4) is 11.5 Å². The number of halogens is 2. The lowest BCUT2D eigenvalue weighted by molar-refractivity contribution is -0.319. The Labute approximate surface area is 502 Å². The largest absolute Gasteiger partial charge is 0.493 e. The van der Waals surface area contributed by atoms with Gasteiger partial charge in [0, 0.05) is 83.0 Å². The zero-order chi connectivity index (χ0) is 61.7. The summed E-state index contributed by atoms with van der Waals surface area (Å²) < 4.78 is 69.3. The molecule has 0 radical (unpaired) electrons. The number of likely N-dealkylation sites (N-methyl/N-ethyl adjacent to an activating group) is 1. The Morgan fingerprint density at radius 3 is 2.19 bits per heavy atom. The van der Waals surface area contributed by atoms with E-state index >= 15 is 9.59 Å². The summed E-state index contributed by atoms with van der Waals surface area (Å²) in [4.78, 5) is 80.9. The number of cyclic esters (lactones) is 1. The first-order valence-electron chi connectivity index (χ1n) is 29.0. The van der Waals surface area contributed by atoms with Gasteiger partial charge in [-0.05, 0) is 85.4 Å². The number of hydrogen-bond donors (Lipinski definition) is 3. The summed E-state index contributed by atoms with van der Waals surface area (Å²) in [5.41, 5.74) is -3.75. The highest BCUT2D eigenvalue weighted by Gasteiger charge is 2.61. The maximum absolute atomic E-state index is 15.4. The minimum absolute atomic E-state index is 0.0115. The van der Waals surface area contributed by atoms with Crippen molar-refractivity contribution in [1.82, 2.24) is 19.7 Å². The van der Waals surface area contributed by atoms with E-state index in [1.54, 1.807) is 79.5 Å². The second kappa shape index (κ2) is 28.0. The Balaban J connectivity index is 1.22. The Kier molecular flexibility index (Phi) is 22.3. The predicted molar refractivity (Wildman–Crippen MR) is 307 cm³/mol. The number of aliphatic hydroxyl groups is 2. The van der Waals surface area contributed by atoms with E-state index in [1.165, 1.54) is 49.6 Å². The van der Waals surface area contributed by atoms with Crippen molar-refractivity contribution < 1.29 is 86.3 Å². The molecule has 2 aromatic rings. The molecule has 4 amide bonds. The summed E-state index contributed by atoms with van der Waals surface area (Å²) in [6, 6.07) is 2.58. The van der Waals surface area contributed by atoms with Crippen LogP contribution in [0, 0.1) is 23.7 Å². The van der Waals surface area contributed by atoms with Crippen LogP contribution in [0.25, 0.3) is 0 Å². The van der Waals surface area contributed by atoms with Gasteiger partial charge in [-0.2, -0.15) is 0 Å². The molecule has 23 nitrogen and oxygen atoms in total. The number of aromatic nitrogens is 1. The van der Waals surface area contributed by atoms with Crippen LogP contribution in [0.1, 0.15) is 112 Å². The molecule has 25 heteroatoms. The third-order valence-electron chi connectivity index (χ3n) is 17.9. The van der Waals surface area contributed by atoms with Gasteiger partial charge < -0.3 is 82.3 Å². The van der Waals surface area contributed by atoms with Gasteiger partial charge in [-0.15, -0.1) is 0 Å². The highest BCUT2D eigenvalue weighted by atomic mass is 35.5. The topological polar surface area (TPSA) is 262 Å². The van der Waals surface area contributed by atoms with E-state index in [4.69, 9.17) is 75.3 Å². The van der Waals surface area contributed by atoms with Crippen molar-refractivity contribution in [3.05, 3.63) is 46.2 Å². The zero-order valence-corrected chi connectivity index (χ0v) is 52.3. The summed E-state index contributed by atoms with van der Waals surface area (Å²) in [7, 11) is 6.07. The van der Waals surface area contributed by atoms with Crippen molar-refractivity contribution in [3.63, 3.8) is 0 Å². The second-order valence-electron chi connectivity index (χ2n) is 23.7. The maximum atomic E-state index is 15.4. The van der Waals surface area contributed by atoms with Crippen molar-refractivity contribution in [1.29, 1.82) is 0 Å². The number of esters is 1. The minimum atomic E-state index is -1.58. The summed E-state index contributed by atoms with van der Waals surface area (Å²) in [6.45, 7) is 19.1. The lowest BCUT2D eigenvalue weighted by Crippen LogP contribution is -2.63. The fourth-order valence-corrected chi connectivity index (χ4v) is 13.4. The number of amides is 4. The molecule has 0 bridgehead atoms. The van der Waals surface area contributed by atoms with Crippen LogP contribution >= 0.6 is 23.2 Å². The first-order valence-corrected chi connectivity index (χ1v) is 29.8. The Hall–Kier alpha value is -4.66. The van der Waals surface area contributed by atoms with Crippen molar-refractivity contribution in [2.24, 2.45) is 23.7 Å². The molecule has 5 fully saturated rings. The van der Waals surface area contributed by atoms with Gasteiger partial charge in [-0.25, -0.2) is 9.59 Å². The summed E-state index contributed by atoms with van der Waals surface area (Å²) in [5.74, 6) is -4.69. The fourth-order valence-electron chi connectivity index (χ4n) is 12.9. The van der Waals surface area contributed by atoms with Gasteiger partial charge in [0.05, 0.1) is 96.3 Å². The predicted octanol–water partition coefficient (Wildman–Crippen LogP) is 7.16. The molecule has 3 N–H and O–H groups in total. The number of rotatable bonds is 16. The average molecular weight is 1230 g/mol. The van der Waals surface area contributed by atoms with Crippen LogP contribution in [-0.4, -0.2) is 212 Å². The monoisotopic (exact) mass is 1220 g/mol. The molecule has 0 unspecified atom stereocenters. The number of anilines is 1. The molecule has 0 spiro atoms. The highest BCUT2D eigenvalue weighted by Crippen LogP contribution is 2.45. The smallest absolute Gasteiger partial charge is 0.410 e. The van der Waals surface area contributed by atoms with E-state index in [0.717, 1.165) is 0 Å².